The first-order valence-corrected chi connectivity index (χ1v) is 7.81. The minimum absolute atomic E-state index is 0.0836. The zero-order valence-corrected chi connectivity index (χ0v) is 14.7. The van der Waals surface area contributed by atoms with Gasteiger partial charge in [0.2, 0.25) is 0 Å². The van der Waals surface area contributed by atoms with Gasteiger partial charge in [-0.3, -0.25) is 0 Å². The van der Waals surface area contributed by atoms with Crippen molar-refractivity contribution in [3.63, 3.8) is 0 Å². The van der Waals surface area contributed by atoms with Crippen LogP contribution in [0.25, 0.3) is 0 Å². The van der Waals surface area contributed by atoms with E-state index in [1.807, 2.05) is 0 Å². The van der Waals surface area contributed by atoms with Gasteiger partial charge in [0.25, 0.3) is 0 Å². The van der Waals surface area contributed by atoms with Gasteiger partial charge in [0.1, 0.15) is 0 Å². The molecule has 14 heteroatoms. The van der Waals surface area contributed by atoms with E-state index in [1.165, 1.54) is 0 Å². The molecule has 2 aromatic carbocycles. The Bertz CT molecular complexity index is 899. The van der Waals surface area contributed by atoms with Crippen LogP contribution in [0.5, 0.6) is 0 Å². The molecule has 2 rings (SSSR count). The van der Waals surface area contributed by atoms with E-state index in [0.717, 1.165) is 0 Å². The number of rotatable bonds is 4. The van der Waals surface area contributed by atoms with Crippen molar-refractivity contribution >= 4 is 11.4 Å². The van der Waals surface area contributed by atoms with Crippen LogP contribution in [0.4, 0.5) is 64.1 Å². The average molecular weight is 470 g/mol. The molecule has 0 aliphatic carbocycles. The minimum Gasteiger partial charge on any atom is -0.399 e. The molecule has 31 heavy (non-hydrogen) atoms. The number of alkyl halides is 12. The normalized spacial score (nSPS) is 14.1. The molecule has 0 unspecified atom stereocenters. The summed E-state index contributed by atoms with van der Waals surface area (Å²) in [7, 11) is 0. The van der Waals surface area contributed by atoms with E-state index in [2.05, 4.69) is 0 Å². The molecule has 0 saturated carbocycles. The number of nitrogen functional groups attached to an aromatic ring is 2. The molecule has 172 valence electrons. The number of anilines is 2. The third-order valence-corrected chi connectivity index (χ3v) is 4.08. The molecule has 2 aromatic rings. The van der Waals surface area contributed by atoms with Gasteiger partial charge in [0.15, 0.2) is 0 Å². The molecular weight excluding hydrogens is 460 g/mol. The van der Waals surface area contributed by atoms with E-state index in [4.69, 9.17) is 11.5 Å². The summed E-state index contributed by atoms with van der Waals surface area (Å²) in [5, 5.41) is 0. The van der Waals surface area contributed by atoms with Crippen LogP contribution in [-0.4, -0.2) is 5.92 Å². The van der Waals surface area contributed by atoms with Crippen molar-refractivity contribution in [1.82, 2.24) is 0 Å². The topological polar surface area (TPSA) is 52.0 Å². The SMILES string of the molecule is Nc1cc(C(F)(F)F)cc(C(F)(F)C(F)(F)C(F)(F)c2cc(N)cc(C(F)(F)F)c2)c1. The lowest BCUT2D eigenvalue weighted by molar-refractivity contribution is -0.321. The summed E-state index contributed by atoms with van der Waals surface area (Å²) in [5.74, 6) is -18.5. The molecule has 0 aliphatic rings. The van der Waals surface area contributed by atoms with E-state index >= 15 is 0 Å². The largest absolute Gasteiger partial charge is 0.416 e. The highest BCUT2D eigenvalue weighted by Gasteiger charge is 2.73. The second-order valence-corrected chi connectivity index (χ2v) is 6.41. The monoisotopic (exact) mass is 470 g/mol. The van der Waals surface area contributed by atoms with Crippen molar-refractivity contribution in [2.24, 2.45) is 0 Å². The molecule has 0 aliphatic heterocycles. The van der Waals surface area contributed by atoms with E-state index < -0.39 is 75.9 Å². The van der Waals surface area contributed by atoms with Gasteiger partial charge in [-0.25, -0.2) is 0 Å². The molecule has 0 heterocycles. The Hall–Kier alpha value is -2.80. The number of halogens is 12. The summed E-state index contributed by atoms with van der Waals surface area (Å²) in [6, 6.07) is -0.992. The molecule has 0 fully saturated rings. The van der Waals surface area contributed by atoms with Crippen LogP contribution in [0.1, 0.15) is 22.3 Å². The first kappa shape index (κ1) is 24.5. The van der Waals surface area contributed by atoms with Gasteiger partial charge < -0.3 is 11.5 Å². The molecular formula is C17H10F12N2. The summed E-state index contributed by atoms with van der Waals surface area (Å²) >= 11 is 0. The molecule has 0 radical (unpaired) electrons. The lowest BCUT2D eigenvalue weighted by Gasteiger charge is -2.34. The van der Waals surface area contributed by atoms with Gasteiger partial charge in [0.05, 0.1) is 11.1 Å². The molecule has 2 nitrogen and oxygen atoms in total. The van der Waals surface area contributed by atoms with Crippen LogP contribution in [0.3, 0.4) is 0 Å². The van der Waals surface area contributed by atoms with Crippen LogP contribution in [-0.2, 0) is 24.2 Å². The van der Waals surface area contributed by atoms with Gasteiger partial charge in [-0.15, -0.1) is 0 Å². The minimum atomic E-state index is -6.49. The standard InChI is InChI=1S/C17H10F12N2/c18-13(19,7-1-9(15(22,23)24)5-11(30)3-7)17(28,29)14(20,21)8-2-10(16(25,26)27)6-12(31)4-8/h1-6H,30-31H2. The van der Waals surface area contributed by atoms with Crippen molar-refractivity contribution < 1.29 is 52.7 Å². The molecule has 0 saturated heterocycles. The maximum atomic E-state index is 14.4. The maximum absolute atomic E-state index is 14.4. The van der Waals surface area contributed by atoms with Crippen molar-refractivity contribution in [2.75, 3.05) is 11.5 Å². The predicted molar refractivity (Wildman–Crippen MR) is 84.4 cm³/mol. The van der Waals surface area contributed by atoms with Crippen molar-refractivity contribution in [3.05, 3.63) is 58.7 Å². The van der Waals surface area contributed by atoms with Gasteiger partial charge in [0, 0.05) is 22.5 Å². The van der Waals surface area contributed by atoms with Crippen LogP contribution < -0.4 is 11.5 Å². The number of benzene rings is 2. The van der Waals surface area contributed by atoms with Crippen LogP contribution in [0.15, 0.2) is 36.4 Å². The predicted octanol–water partition coefficient (Wildman–Crippen LogP) is 6.41. The average Bonchev–Trinajstić information content (AvgIpc) is 2.58. The molecule has 0 spiro atoms. The lowest BCUT2D eigenvalue weighted by atomic mass is 9.90. The summed E-state index contributed by atoms with van der Waals surface area (Å²) in [4.78, 5) is 0. The summed E-state index contributed by atoms with van der Waals surface area (Å²) in [5.41, 5.74) is -0.477. The lowest BCUT2D eigenvalue weighted by Crippen LogP contribution is -2.50. The number of nitrogens with two attached hydrogens (primary N) is 2. The first-order valence-electron chi connectivity index (χ1n) is 7.81. The van der Waals surface area contributed by atoms with E-state index in [0.29, 0.717) is 0 Å². The van der Waals surface area contributed by atoms with E-state index in [9.17, 15) is 52.7 Å². The van der Waals surface area contributed by atoms with Gasteiger partial charge in [-0.2, -0.15) is 52.7 Å². The Morgan fingerprint density at radius 3 is 0.935 bits per heavy atom. The van der Waals surface area contributed by atoms with Gasteiger partial charge in [-0.1, -0.05) is 0 Å². The van der Waals surface area contributed by atoms with Crippen LogP contribution in [0, 0.1) is 0 Å². The highest BCUT2D eigenvalue weighted by atomic mass is 19.4. The number of hydrogen-bond donors (Lipinski definition) is 2. The fraction of sp³-hybridized carbons (Fsp3) is 0.294. The molecule has 0 atom stereocenters. The number of hydrogen-bond acceptors (Lipinski definition) is 2. The first-order chi connectivity index (χ1) is 13.7. The maximum Gasteiger partial charge on any atom is 0.416 e. The Labute approximate surface area is 165 Å². The Morgan fingerprint density at radius 1 is 0.419 bits per heavy atom. The zero-order chi connectivity index (χ0) is 24.2. The smallest absolute Gasteiger partial charge is 0.399 e. The van der Waals surface area contributed by atoms with Crippen molar-refractivity contribution in [1.29, 1.82) is 0 Å². The summed E-state index contributed by atoms with van der Waals surface area (Å²) in [6.45, 7) is 0. The van der Waals surface area contributed by atoms with Gasteiger partial charge in [-0.05, 0) is 36.4 Å². The second kappa shape index (κ2) is 7.12. The highest BCUT2D eigenvalue weighted by molar-refractivity contribution is 5.50. The van der Waals surface area contributed by atoms with Crippen LogP contribution in [0.2, 0.25) is 0 Å². The Kier molecular flexibility index (Phi) is 5.62. The van der Waals surface area contributed by atoms with Crippen molar-refractivity contribution in [2.45, 2.75) is 30.1 Å². The van der Waals surface area contributed by atoms with Crippen LogP contribution >= 0.6 is 0 Å². The molecule has 4 N–H and O–H groups in total. The second-order valence-electron chi connectivity index (χ2n) is 6.41. The fourth-order valence-electron chi connectivity index (χ4n) is 2.55. The quantitative estimate of drug-likeness (QED) is 0.401. The zero-order valence-electron chi connectivity index (χ0n) is 14.7. The Balaban J connectivity index is 2.67. The van der Waals surface area contributed by atoms with Gasteiger partial charge >= 0.3 is 30.1 Å². The van der Waals surface area contributed by atoms with E-state index in [1.54, 1.807) is 0 Å². The Morgan fingerprint density at radius 2 is 0.677 bits per heavy atom. The fourth-order valence-corrected chi connectivity index (χ4v) is 2.55. The molecule has 0 bridgehead atoms. The summed E-state index contributed by atoms with van der Waals surface area (Å²) in [6.07, 6.45) is -10.7. The third kappa shape index (κ3) is 4.32. The van der Waals surface area contributed by atoms with Crippen molar-refractivity contribution in [3.8, 4) is 0 Å². The van der Waals surface area contributed by atoms with E-state index in [-0.39, 0.29) is 24.3 Å². The third-order valence-electron chi connectivity index (χ3n) is 4.08. The highest BCUT2D eigenvalue weighted by Crippen LogP contribution is 2.56. The molecule has 0 aromatic heterocycles. The molecule has 0 amide bonds. The summed E-state index contributed by atoms with van der Waals surface area (Å²) < 4.78 is 163.